The van der Waals surface area contributed by atoms with Crippen LogP contribution in [0.25, 0.3) is 11.1 Å². The molecule has 0 aliphatic carbocycles. The summed E-state index contributed by atoms with van der Waals surface area (Å²) < 4.78 is 7.06. The van der Waals surface area contributed by atoms with Crippen molar-refractivity contribution in [1.82, 2.24) is 15.1 Å². The van der Waals surface area contributed by atoms with Gasteiger partial charge < -0.3 is 10.1 Å². The van der Waals surface area contributed by atoms with Crippen molar-refractivity contribution in [2.24, 2.45) is 7.05 Å². The summed E-state index contributed by atoms with van der Waals surface area (Å²) in [6, 6.07) is 15.5. The number of aryl methyl sites for hydroxylation is 2. The fourth-order valence-electron chi connectivity index (χ4n) is 2.84. The van der Waals surface area contributed by atoms with E-state index in [4.69, 9.17) is 4.74 Å². The number of carbonyl (C=O) groups excluding carboxylic acids is 1. The fraction of sp³-hybridized carbons (Fsp3) is 0.238. The third kappa shape index (κ3) is 4.51. The minimum Gasteiger partial charge on any atom is -0.497 e. The fourth-order valence-corrected chi connectivity index (χ4v) is 2.84. The van der Waals surface area contributed by atoms with Gasteiger partial charge in [-0.15, -0.1) is 0 Å². The van der Waals surface area contributed by atoms with Crippen LogP contribution in [0.5, 0.6) is 5.75 Å². The average Bonchev–Trinajstić information content (AvgIpc) is 3.10. The standard InChI is InChI=1S/C21H23N3O2/c1-24-15-16(14-23-24)6-5-11-22-21(25)19-9-3-7-17(12-19)18-8-4-10-20(13-18)26-2/h3-4,7-10,12-15H,5-6,11H2,1-2H3,(H,22,25). The van der Waals surface area contributed by atoms with E-state index in [2.05, 4.69) is 10.4 Å². The zero-order chi connectivity index (χ0) is 18.4. The predicted octanol–water partition coefficient (Wildman–Crippen LogP) is 3.46. The van der Waals surface area contributed by atoms with Crippen LogP contribution >= 0.6 is 0 Å². The maximum absolute atomic E-state index is 12.4. The van der Waals surface area contributed by atoms with E-state index in [-0.39, 0.29) is 5.91 Å². The second kappa shape index (κ2) is 8.34. The van der Waals surface area contributed by atoms with Gasteiger partial charge >= 0.3 is 0 Å². The van der Waals surface area contributed by atoms with Crippen LogP contribution in [0.2, 0.25) is 0 Å². The molecule has 1 N–H and O–H groups in total. The Morgan fingerprint density at radius 3 is 2.65 bits per heavy atom. The van der Waals surface area contributed by atoms with Crippen molar-refractivity contribution in [2.75, 3.05) is 13.7 Å². The summed E-state index contributed by atoms with van der Waals surface area (Å²) in [7, 11) is 3.55. The molecule has 1 amide bonds. The van der Waals surface area contributed by atoms with Gasteiger partial charge in [-0.05, 0) is 53.8 Å². The first-order valence-electron chi connectivity index (χ1n) is 8.66. The van der Waals surface area contributed by atoms with E-state index in [0.29, 0.717) is 12.1 Å². The molecule has 3 rings (SSSR count). The number of nitrogens with one attached hydrogen (secondary N) is 1. The van der Waals surface area contributed by atoms with Crippen molar-refractivity contribution in [1.29, 1.82) is 0 Å². The molecule has 5 heteroatoms. The Hall–Kier alpha value is -3.08. The van der Waals surface area contributed by atoms with Gasteiger partial charge in [0.15, 0.2) is 0 Å². The van der Waals surface area contributed by atoms with Crippen LogP contribution < -0.4 is 10.1 Å². The Morgan fingerprint density at radius 1 is 1.15 bits per heavy atom. The molecule has 0 aliphatic rings. The Bertz CT molecular complexity index is 886. The molecular formula is C21H23N3O2. The van der Waals surface area contributed by atoms with Crippen LogP contribution in [0.1, 0.15) is 22.3 Å². The van der Waals surface area contributed by atoms with Crippen LogP contribution in [0.15, 0.2) is 60.9 Å². The lowest BCUT2D eigenvalue weighted by Gasteiger charge is -2.08. The lowest BCUT2D eigenvalue weighted by Crippen LogP contribution is -2.24. The molecule has 0 atom stereocenters. The number of benzene rings is 2. The summed E-state index contributed by atoms with van der Waals surface area (Å²) in [6.45, 7) is 0.636. The summed E-state index contributed by atoms with van der Waals surface area (Å²) in [5, 5.41) is 7.14. The van der Waals surface area contributed by atoms with Gasteiger partial charge in [-0.2, -0.15) is 5.10 Å². The van der Waals surface area contributed by atoms with E-state index in [1.54, 1.807) is 11.8 Å². The Balaban J connectivity index is 1.59. The molecule has 5 nitrogen and oxygen atoms in total. The number of carbonyl (C=O) groups is 1. The Kier molecular flexibility index (Phi) is 5.69. The van der Waals surface area contributed by atoms with E-state index < -0.39 is 0 Å². The van der Waals surface area contributed by atoms with Crippen LogP contribution in [0.4, 0.5) is 0 Å². The Morgan fingerprint density at radius 2 is 1.92 bits per heavy atom. The van der Waals surface area contributed by atoms with E-state index in [0.717, 1.165) is 29.7 Å². The molecule has 0 radical (unpaired) electrons. The van der Waals surface area contributed by atoms with E-state index in [9.17, 15) is 4.79 Å². The molecule has 134 valence electrons. The second-order valence-corrected chi connectivity index (χ2v) is 6.19. The monoisotopic (exact) mass is 349 g/mol. The molecule has 0 aliphatic heterocycles. The number of hydrogen-bond donors (Lipinski definition) is 1. The number of nitrogens with zero attached hydrogens (tertiary/aromatic N) is 2. The maximum atomic E-state index is 12.4. The highest BCUT2D eigenvalue weighted by Crippen LogP contribution is 2.24. The molecule has 0 unspecified atom stereocenters. The molecule has 0 bridgehead atoms. The van der Waals surface area contributed by atoms with Gasteiger partial charge in [0, 0.05) is 25.4 Å². The molecule has 0 saturated carbocycles. The van der Waals surface area contributed by atoms with Crippen molar-refractivity contribution in [3.63, 3.8) is 0 Å². The van der Waals surface area contributed by atoms with Crippen molar-refractivity contribution in [2.45, 2.75) is 12.8 Å². The Labute approximate surface area is 153 Å². The zero-order valence-corrected chi connectivity index (χ0v) is 15.1. The molecule has 1 aromatic heterocycles. The predicted molar refractivity (Wildman–Crippen MR) is 102 cm³/mol. The van der Waals surface area contributed by atoms with E-state index in [1.807, 2.05) is 68.0 Å². The number of aromatic nitrogens is 2. The smallest absolute Gasteiger partial charge is 0.251 e. The highest BCUT2D eigenvalue weighted by Gasteiger charge is 2.07. The quantitative estimate of drug-likeness (QED) is 0.665. The molecule has 3 aromatic rings. The molecule has 26 heavy (non-hydrogen) atoms. The van der Waals surface area contributed by atoms with Crippen molar-refractivity contribution >= 4 is 5.91 Å². The van der Waals surface area contributed by atoms with Gasteiger partial charge in [0.1, 0.15) is 5.75 Å². The highest BCUT2D eigenvalue weighted by atomic mass is 16.5. The number of ether oxygens (including phenoxy) is 1. The molecule has 0 fully saturated rings. The van der Waals surface area contributed by atoms with Crippen LogP contribution in [0, 0.1) is 0 Å². The summed E-state index contributed by atoms with van der Waals surface area (Å²) >= 11 is 0. The average molecular weight is 349 g/mol. The van der Waals surface area contributed by atoms with Crippen molar-refractivity contribution in [3.05, 3.63) is 72.1 Å². The first kappa shape index (κ1) is 17.7. The highest BCUT2D eigenvalue weighted by molar-refractivity contribution is 5.95. The number of methoxy groups -OCH3 is 1. The lowest BCUT2D eigenvalue weighted by atomic mass is 10.0. The van der Waals surface area contributed by atoms with Crippen LogP contribution in [-0.4, -0.2) is 29.3 Å². The third-order valence-corrected chi connectivity index (χ3v) is 4.21. The topological polar surface area (TPSA) is 56.1 Å². The second-order valence-electron chi connectivity index (χ2n) is 6.19. The van der Waals surface area contributed by atoms with Crippen molar-refractivity contribution in [3.8, 4) is 16.9 Å². The summed E-state index contributed by atoms with van der Waals surface area (Å²) in [6.07, 6.45) is 5.64. The minimum absolute atomic E-state index is 0.0547. The van der Waals surface area contributed by atoms with E-state index >= 15 is 0 Å². The third-order valence-electron chi connectivity index (χ3n) is 4.21. The van der Waals surface area contributed by atoms with Gasteiger partial charge in [0.05, 0.1) is 13.3 Å². The summed E-state index contributed by atoms with van der Waals surface area (Å²) in [4.78, 5) is 12.4. The molecule has 0 spiro atoms. The van der Waals surface area contributed by atoms with Gasteiger partial charge in [-0.1, -0.05) is 24.3 Å². The van der Waals surface area contributed by atoms with E-state index in [1.165, 1.54) is 5.56 Å². The first-order chi connectivity index (χ1) is 12.7. The number of hydrogen-bond acceptors (Lipinski definition) is 3. The lowest BCUT2D eigenvalue weighted by molar-refractivity contribution is 0.0953. The van der Waals surface area contributed by atoms with Gasteiger partial charge in [0.25, 0.3) is 5.91 Å². The van der Waals surface area contributed by atoms with Crippen LogP contribution in [-0.2, 0) is 13.5 Å². The van der Waals surface area contributed by atoms with Crippen LogP contribution in [0.3, 0.4) is 0 Å². The normalized spacial score (nSPS) is 10.5. The number of rotatable bonds is 7. The largest absolute Gasteiger partial charge is 0.497 e. The summed E-state index contributed by atoms with van der Waals surface area (Å²) in [5.74, 6) is 0.744. The maximum Gasteiger partial charge on any atom is 0.251 e. The van der Waals surface area contributed by atoms with Crippen molar-refractivity contribution < 1.29 is 9.53 Å². The zero-order valence-electron chi connectivity index (χ0n) is 15.1. The van der Waals surface area contributed by atoms with Gasteiger partial charge in [0.2, 0.25) is 0 Å². The van der Waals surface area contributed by atoms with Gasteiger partial charge in [-0.25, -0.2) is 0 Å². The SMILES string of the molecule is COc1cccc(-c2cccc(C(=O)NCCCc3cnn(C)c3)c2)c1. The minimum atomic E-state index is -0.0547. The first-order valence-corrected chi connectivity index (χ1v) is 8.66. The molecular weight excluding hydrogens is 326 g/mol. The molecule has 1 heterocycles. The van der Waals surface area contributed by atoms with Gasteiger partial charge in [-0.3, -0.25) is 9.48 Å². The number of amides is 1. The molecule has 0 saturated heterocycles. The molecule has 2 aromatic carbocycles. The summed E-state index contributed by atoms with van der Waals surface area (Å²) in [5.41, 5.74) is 3.86.